The molecule has 1 fully saturated rings. The molecule has 4 aromatic rings. The summed E-state index contributed by atoms with van der Waals surface area (Å²) in [5.74, 6) is 0.0188. The van der Waals surface area contributed by atoms with Crippen molar-refractivity contribution in [1.29, 1.82) is 0 Å². The second-order valence-electron chi connectivity index (χ2n) is 8.72. The lowest BCUT2D eigenvalue weighted by molar-refractivity contribution is -0.141. The molecule has 0 aliphatic carbocycles. The van der Waals surface area contributed by atoms with E-state index in [2.05, 4.69) is 10.3 Å². The standard InChI is InChI=1S/C26H22F3N3O5S/c27-26(28,29)23-11-10-20(16-30-23)36-19-7-3-5-17(13-19)15-31-25(33)21-8-4-12-32(21)38(34,35)24-14-18-6-1-2-9-22(18)37-24/h1-3,5-7,9-11,13-14,16,21H,4,8,12,15H2,(H,31,33)/t21-/m0/s1. The number of carbonyl (C=O) groups is 1. The van der Waals surface area contributed by atoms with E-state index >= 15 is 0 Å². The molecule has 0 bridgehead atoms. The summed E-state index contributed by atoms with van der Waals surface area (Å²) in [5, 5.41) is 3.21. The largest absolute Gasteiger partial charge is 0.456 e. The zero-order valence-electron chi connectivity index (χ0n) is 19.8. The highest BCUT2D eigenvalue weighted by Crippen LogP contribution is 2.31. The van der Waals surface area contributed by atoms with E-state index in [1.54, 1.807) is 48.5 Å². The summed E-state index contributed by atoms with van der Waals surface area (Å²) in [4.78, 5) is 16.4. The lowest BCUT2D eigenvalue weighted by Gasteiger charge is -2.22. The van der Waals surface area contributed by atoms with Crippen LogP contribution in [-0.4, -0.2) is 36.2 Å². The van der Waals surface area contributed by atoms with Gasteiger partial charge in [0, 0.05) is 24.5 Å². The summed E-state index contributed by atoms with van der Waals surface area (Å²) >= 11 is 0. The van der Waals surface area contributed by atoms with E-state index in [1.807, 2.05) is 0 Å². The second-order valence-corrected chi connectivity index (χ2v) is 10.5. The second kappa shape index (κ2) is 10.1. The SMILES string of the molecule is O=C(NCc1cccc(Oc2ccc(C(F)(F)F)nc2)c1)[C@@H]1CCCN1S(=O)(=O)c1cc2ccccc2o1. The zero-order valence-corrected chi connectivity index (χ0v) is 20.6. The summed E-state index contributed by atoms with van der Waals surface area (Å²) in [7, 11) is -4.02. The highest BCUT2D eigenvalue weighted by atomic mass is 32.2. The molecule has 38 heavy (non-hydrogen) atoms. The predicted molar refractivity (Wildman–Crippen MR) is 131 cm³/mol. The van der Waals surface area contributed by atoms with E-state index in [0.717, 1.165) is 16.6 Å². The van der Waals surface area contributed by atoms with E-state index in [4.69, 9.17) is 9.15 Å². The molecule has 1 aliphatic heterocycles. The Kier molecular flexibility index (Phi) is 6.84. The van der Waals surface area contributed by atoms with Crippen molar-refractivity contribution in [2.24, 2.45) is 0 Å². The maximum Gasteiger partial charge on any atom is 0.433 e. The summed E-state index contributed by atoms with van der Waals surface area (Å²) in [6.07, 6.45) is -2.66. The number of aromatic nitrogens is 1. The van der Waals surface area contributed by atoms with Gasteiger partial charge in [0.15, 0.2) is 0 Å². The normalized spacial score (nSPS) is 16.6. The van der Waals surface area contributed by atoms with Crippen LogP contribution in [0.5, 0.6) is 11.5 Å². The number of benzene rings is 2. The molecule has 3 heterocycles. The molecule has 1 atom stereocenters. The Morgan fingerprint density at radius 1 is 1.08 bits per heavy atom. The Hall–Kier alpha value is -3.90. The van der Waals surface area contributed by atoms with Crippen molar-refractivity contribution in [3.63, 3.8) is 0 Å². The van der Waals surface area contributed by atoms with E-state index in [9.17, 15) is 26.4 Å². The van der Waals surface area contributed by atoms with Gasteiger partial charge in [0.05, 0.1) is 6.20 Å². The van der Waals surface area contributed by atoms with Crippen molar-refractivity contribution in [3.05, 3.63) is 84.2 Å². The van der Waals surface area contributed by atoms with Crippen molar-refractivity contribution in [3.8, 4) is 11.5 Å². The minimum atomic E-state index is -4.54. The van der Waals surface area contributed by atoms with Gasteiger partial charge in [0.1, 0.15) is 28.8 Å². The third-order valence-corrected chi connectivity index (χ3v) is 7.86. The van der Waals surface area contributed by atoms with Crippen LogP contribution in [0.1, 0.15) is 24.1 Å². The Morgan fingerprint density at radius 2 is 1.89 bits per heavy atom. The molecule has 1 aliphatic rings. The van der Waals surface area contributed by atoms with Gasteiger partial charge in [-0.3, -0.25) is 4.79 Å². The van der Waals surface area contributed by atoms with Gasteiger partial charge in [-0.2, -0.15) is 17.5 Å². The Bertz CT molecular complexity index is 1540. The first-order chi connectivity index (χ1) is 18.1. The minimum Gasteiger partial charge on any atom is -0.456 e. The maximum absolute atomic E-state index is 13.3. The van der Waals surface area contributed by atoms with Gasteiger partial charge in [-0.1, -0.05) is 30.3 Å². The first-order valence-electron chi connectivity index (χ1n) is 11.7. The monoisotopic (exact) mass is 545 g/mol. The van der Waals surface area contributed by atoms with E-state index in [0.29, 0.717) is 35.1 Å². The van der Waals surface area contributed by atoms with Crippen LogP contribution >= 0.6 is 0 Å². The number of para-hydroxylation sites is 1. The number of nitrogens with one attached hydrogen (secondary N) is 1. The fourth-order valence-electron chi connectivity index (χ4n) is 4.26. The molecule has 12 heteroatoms. The van der Waals surface area contributed by atoms with Gasteiger partial charge in [-0.15, -0.1) is 0 Å². The van der Waals surface area contributed by atoms with Gasteiger partial charge in [0.2, 0.25) is 11.0 Å². The summed E-state index contributed by atoms with van der Waals surface area (Å²) in [6.45, 7) is 0.290. The number of ether oxygens (including phenoxy) is 1. The van der Waals surface area contributed by atoms with E-state index < -0.39 is 33.8 Å². The molecule has 0 saturated carbocycles. The summed E-state index contributed by atoms with van der Waals surface area (Å²) in [5.41, 5.74) is 0.0745. The molecular formula is C26H22F3N3O5S. The highest BCUT2D eigenvalue weighted by molar-refractivity contribution is 7.89. The Balaban J connectivity index is 1.24. The maximum atomic E-state index is 13.3. The smallest absolute Gasteiger partial charge is 0.433 e. The molecule has 1 N–H and O–H groups in total. The number of pyridine rings is 1. The number of halogens is 3. The lowest BCUT2D eigenvalue weighted by atomic mass is 10.2. The third kappa shape index (κ3) is 5.36. The fraction of sp³-hybridized carbons (Fsp3) is 0.231. The number of fused-ring (bicyclic) bond motifs is 1. The molecule has 1 saturated heterocycles. The van der Waals surface area contributed by atoms with Gasteiger partial charge < -0.3 is 14.5 Å². The average molecular weight is 546 g/mol. The lowest BCUT2D eigenvalue weighted by Crippen LogP contribution is -2.45. The number of carbonyl (C=O) groups excluding carboxylic acids is 1. The molecule has 198 valence electrons. The van der Waals surface area contributed by atoms with Gasteiger partial charge in [-0.25, -0.2) is 13.4 Å². The fourth-order valence-corrected chi connectivity index (χ4v) is 5.87. The van der Waals surface area contributed by atoms with Crippen LogP contribution in [0.15, 0.2) is 82.4 Å². The van der Waals surface area contributed by atoms with Crippen molar-refractivity contribution >= 4 is 26.9 Å². The third-order valence-electron chi connectivity index (χ3n) is 6.10. The Labute approximate surface area is 216 Å². The molecule has 8 nitrogen and oxygen atoms in total. The number of hydrogen-bond donors (Lipinski definition) is 1. The van der Waals surface area contributed by atoms with Crippen LogP contribution in [0.4, 0.5) is 13.2 Å². The molecular weight excluding hydrogens is 523 g/mol. The van der Waals surface area contributed by atoms with Crippen LogP contribution in [0, 0.1) is 0 Å². The van der Waals surface area contributed by atoms with Crippen LogP contribution in [0.2, 0.25) is 0 Å². The van der Waals surface area contributed by atoms with Crippen LogP contribution < -0.4 is 10.1 Å². The van der Waals surface area contributed by atoms with Gasteiger partial charge in [-0.05, 0) is 48.7 Å². The van der Waals surface area contributed by atoms with Crippen molar-refractivity contribution in [2.75, 3.05) is 6.54 Å². The van der Waals surface area contributed by atoms with Gasteiger partial charge >= 0.3 is 6.18 Å². The number of nitrogens with zero attached hydrogens (tertiary/aromatic N) is 2. The molecule has 1 amide bonds. The van der Waals surface area contributed by atoms with E-state index in [1.165, 1.54) is 12.1 Å². The molecule has 5 rings (SSSR count). The predicted octanol–water partition coefficient (Wildman–Crippen LogP) is 5.11. The number of hydrogen-bond acceptors (Lipinski definition) is 6. The number of alkyl halides is 3. The van der Waals surface area contributed by atoms with Crippen molar-refractivity contribution in [1.82, 2.24) is 14.6 Å². The topological polar surface area (TPSA) is 102 Å². The number of amides is 1. The molecule has 0 radical (unpaired) electrons. The molecule has 0 spiro atoms. The first-order valence-corrected chi connectivity index (χ1v) is 13.1. The molecule has 0 unspecified atom stereocenters. The number of sulfonamides is 1. The van der Waals surface area contributed by atoms with Crippen LogP contribution in [0.3, 0.4) is 0 Å². The van der Waals surface area contributed by atoms with Gasteiger partial charge in [0.25, 0.3) is 10.0 Å². The molecule has 2 aromatic heterocycles. The first kappa shape index (κ1) is 25.7. The summed E-state index contributed by atoms with van der Waals surface area (Å²) in [6, 6.07) is 16.1. The van der Waals surface area contributed by atoms with Crippen molar-refractivity contribution in [2.45, 2.75) is 36.7 Å². The highest BCUT2D eigenvalue weighted by Gasteiger charge is 2.41. The Morgan fingerprint density at radius 3 is 2.63 bits per heavy atom. The number of rotatable bonds is 7. The van der Waals surface area contributed by atoms with Crippen LogP contribution in [-0.2, 0) is 27.5 Å². The number of furan rings is 1. The quantitative estimate of drug-likeness (QED) is 0.346. The zero-order chi connectivity index (χ0) is 26.9. The molecule has 2 aromatic carbocycles. The van der Waals surface area contributed by atoms with E-state index in [-0.39, 0.29) is 23.9 Å². The van der Waals surface area contributed by atoms with Crippen LogP contribution in [0.25, 0.3) is 11.0 Å². The summed E-state index contributed by atoms with van der Waals surface area (Å²) < 4.78 is 76.9. The average Bonchev–Trinajstić information content (AvgIpc) is 3.56. The minimum absolute atomic E-state index is 0.0936. The van der Waals surface area contributed by atoms with Crippen molar-refractivity contribution < 1.29 is 35.5 Å².